The third kappa shape index (κ3) is 292. The van der Waals surface area contributed by atoms with E-state index in [0.29, 0.717) is 13.3 Å². The molecule has 6 saturated carbocycles. The van der Waals surface area contributed by atoms with Crippen LogP contribution >= 0.6 is 195 Å². The Morgan fingerprint density at radius 3 is 0.273 bits per heavy atom. The Bertz CT molecular complexity index is 421. The first-order chi connectivity index (χ1) is 35.5. The fourth-order valence-electron chi connectivity index (χ4n) is 4.99. The Morgan fingerprint density at radius 2 is 0.260 bits per heavy atom. The molecule has 0 aliphatic heterocycles. The Hall–Kier alpha value is 8.05. The van der Waals surface area contributed by atoms with Gasteiger partial charge in [-0.2, -0.15) is 0 Å². The van der Waals surface area contributed by atoms with Gasteiger partial charge in [0.1, 0.15) is 0 Å². The van der Waals surface area contributed by atoms with Crippen molar-refractivity contribution in [3.63, 3.8) is 0 Å². The van der Waals surface area contributed by atoms with E-state index in [0.717, 1.165) is 0 Å². The van der Waals surface area contributed by atoms with Crippen molar-refractivity contribution in [1.29, 1.82) is 0 Å². The van der Waals surface area contributed by atoms with Crippen molar-refractivity contribution in [2.75, 3.05) is 0 Å². The van der Waals surface area contributed by atoms with Gasteiger partial charge in [0.05, 0.1) is 0 Å². The summed E-state index contributed by atoms with van der Waals surface area (Å²) in [4.78, 5) is 0. The fourth-order valence-corrected chi connectivity index (χ4v) is 4.99. The molecule has 6 aliphatic rings. The van der Waals surface area contributed by atoms with E-state index in [-0.39, 0.29) is 46.3 Å². The maximum absolute atomic E-state index is 5.24. The number of halogens is 13. The molecule has 0 aromatic heterocycles. The molecular weight excluding hydrogens is 2140 g/mol. The molecule has 2 radical (unpaired) electrons. The second-order valence-electron chi connectivity index (χ2n) is 18.7. The summed E-state index contributed by atoms with van der Waals surface area (Å²) in [6, 6.07) is 0. The van der Waals surface area contributed by atoms with E-state index in [4.69, 9.17) is 5.70 Å². The van der Waals surface area contributed by atoms with Crippen LogP contribution in [0.1, 0.15) is 416 Å². The van der Waals surface area contributed by atoms with Crippen LogP contribution in [0.3, 0.4) is 0 Å². The van der Waals surface area contributed by atoms with E-state index < -0.39 is 11.7 Å². The van der Waals surface area contributed by atoms with Gasteiger partial charge in [0, 0.05) is 84.8 Å². The van der Waals surface area contributed by atoms with E-state index in [1.807, 2.05) is 0 Å². The fraction of sp³-hybridized carbons (Fsp3) is 1.00. The van der Waals surface area contributed by atoms with Crippen LogP contribution < -0.4 is 13.3 Å². The van der Waals surface area contributed by atoms with Gasteiger partial charge in [-0.15, -0.1) is 24.0 Å². The second kappa shape index (κ2) is 185. The van der Waals surface area contributed by atoms with Crippen LogP contribution in [-0.4, -0.2) is 5.70 Å². The molecule has 0 amide bonds. The monoisotopic (exact) mass is 2280 g/mol. The van der Waals surface area contributed by atoms with Crippen LogP contribution in [0.2, 0.25) is 0 Å². The first-order valence-electron chi connectivity index (χ1n) is 30.5. The molecule has 6 rings (SSSR count). The van der Waals surface area contributed by atoms with Crippen molar-refractivity contribution < 1.29 is 13.3 Å². The predicted molar refractivity (Wildman–Crippen MR) is 459 cm³/mol. The van der Waals surface area contributed by atoms with Gasteiger partial charge >= 0.3 is 105 Å². The van der Waals surface area contributed by atoms with Crippen LogP contribution in [0.5, 0.6) is 0 Å². The van der Waals surface area contributed by atoms with Gasteiger partial charge < -0.3 is 0 Å². The van der Waals surface area contributed by atoms with Gasteiger partial charge in [0.15, 0.2) is 0 Å². The van der Waals surface area contributed by atoms with E-state index in [2.05, 4.69) is 270 Å². The van der Waals surface area contributed by atoms with Gasteiger partial charge in [-0.1, -0.05) is 416 Å². The molecule has 0 atom stereocenters. The first-order valence-corrected chi connectivity index (χ1v) is 68.1. The molecule has 0 nitrogen and oxygen atoms in total. The molecule has 0 aromatic rings. The Balaban J connectivity index is -0.0000000335. The van der Waals surface area contributed by atoms with E-state index in [1.54, 1.807) is 0 Å². The summed E-state index contributed by atoms with van der Waals surface area (Å²) in [6.07, 6.45) is 64.0. The number of rotatable bonds is 0. The Labute approximate surface area is 619 Å². The third-order valence-electron chi connectivity index (χ3n) is 9.00. The van der Waals surface area contributed by atoms with Crippen LogP contribution in [-0.2, 0) is 0 Å². The van der Waals surface area contributed by atoms with Crippen molar-refractivity contribution in [3.05, 3.63) is 0 Å². The average molecular weight is 2290 g/mol. The van der Waals surface area contributed by atoms with Gasteiger partial charge in [-0.05, 0) is 0 Å². The van der Waals surface area contributed by atoms with Crippen LogP contribution in [0, 0.1) is 0 Å². The molecule has 496 valence electrons. The minimum absolute atomic E-state index is 0. The van der Waals surface area contributed by atoms with E-state index in [9.17, 15) is 0 Å². The quantitative estimate of drug-likeness (QED) is 0.168. The zero-order valence-corrected chi connectivity index (χ0v) is 77.4. The van der Waals surface area contributed by atoms with Crippen LogP contribution in [0.15, 0.2) is 0 Å². The van der Waals surface area contributed by atoms with Crippen molar-refractivity contribution in [2.24, 2.45) is 0 Å². The zero-order valence-electron chi connectivity index (χ0n) is 52.6. The van der Waals surface area contributed by atoms with Crippen molar-refractivity contribution in [3.8, 4) is 0 Å². The number of hydrogen-bond donors (Lipinski definition) is 0. The molecular formula is C63H149BBr6I7-. The van der Waals surface area contributed by atoms with Crippen molar-refractivity contribution >= 4 is 201 Å². The predicted octanol–water partition coefficient (Wildman–Crippen LogP) is 34.0. The molecule has 0 spiro atoms. The summed E-state index contributed by atoms with van der Waals surface area (Å²) < 4.78 is 0. The summed E-state index contributed by atoms with van der Waals surface area (Å²) in [5.74, 6) is 0. The van der Waals surface area contributed by atoms with Gasteiger partial charge in [-0.25, -0.2) is 0 Å². The summed E-state index contributed by atoms with van der Waals surface area (Å²) in [5, 5.41) is 0. The maximum atomic E-state index is 5.24. The SMILES string of the molecule is BrBr.BrBr.BrBr.C.C.C.C1CCC1.C1CCC1.C1CCC1.C1CCCCCCC1.C1CCCCCCC1.C1CCCCCCC1.CCC.CCC.CCC.CCC.CCC.CCC.CCC.CCC.I.I[I-]I.[B]I(I)I. The summed E-state index contributed by atoms with van der Waals surface area (Å²) >= 11 is 25.5. The molecule has 6 aliphatic carbocycles. The zero-order chi connectivity index (χ0) is 59.4. The Morgan fingerprint density at radius 1 is 0.247 bits per heavy atom. The van der Waals surface area contributed by atoms with Gasteiger partial charge in [0.25, 0.3) is 0 Å². The topological polar surface area (TPSA) is 0 Å². The van der Waals surface area contributed by atoms with E-state index >= 15 is 0 Å². The summed E-state index contributed by atoms with van der Waals surface area (Å²) in [7, 11) is 0. The molecule has 0 aromatic carbocycles. The summed E-state index contributed by atoms with van der Waals surface area (Å²) in [6.45, 7) is 34.0. The molecule has 0 heterocycles. The molecule has 0 N–H and O–H groups in total. The van der Waals surface area contributed by atoms with Crippen molar-refractivity contribution in [1.82, 2.24) is 0 Å². The second-order valence-corrected chi connectivity index (χ2v) is 58.4. The molecule has 0 bridgehead atoms. The van der Waals surface area contributed by atoms with Crippen LogP contribution in [0.25, 0.3) is 0 Å². The molecule has 0 saturated heterocycles. The van der Waals surface area contributed by atoms with Gasteiger partial charge in [0.2, 0.25) is 0 Å². The molecule has 6 fully saturated rings. The van der Waals surface area contributed by atoms with Crippen molar-refractivity contribution in [2.45, 2.75) is 416 Å². The van der Waals surface area contributed by atoms with E-state index in [1.165, 1.54) is 283 Å². The summed E-state index contributed by atoms with van der Waals surface area (Å²) in [5.41, 5.74) is 5.24. The third-order valence-corrected chi connectivity index (χ3v) is 9.00. The standard InChI is InChI=1S/3C8H16.3C4H8.8C3H8.3CH4.BI3.3Br2.I3.HI/c3*1-2-4-6-8-7-5-3-1;3*1-2-4-3-1;8*1-3-2;;;;1-4(2)3;3*1-2;1-3-2;/h3*1-8H2;3*1-4H2;8*3H2,1-2H3;3*1H4;;;;;;1H/q;;;;;;;;;;;;;;;;;;;;;-1;. The van der Waals surface area contributed by atoms with Crippen LogP contribution in [0.4, 0.5) is 0 Å². The number of hydrogen-bond acceptors (Lipinski definition) is 0. The molecule has 77 heavy (non-hydrogen) atoms. The molecule has 14 heteroatoms. The normalized spacial score (nSPS) is 14.2. The Kier molecular flexibility index (Phi) is 311. The average Bonchev–Trinajstić information content (AvgIpc) is 3.24. The minimum atomic E-state index is -0.823. The first kappa shape index (κ1) is 130. The molecule has 0 unspecified atom stereocenters. The van der Waals surface area contributed by atoms with Gasteiger partial charge in [-0.3, -0.25) is 0 Å².